The average Bonchev–Trinajstić information content (AvgIpc) is 2.79. The quantitative estimate of drug-likeness (QED) is 0.531. The van der Waals surface area contributed by atoms with Crippen molar-refractivity contribution < 1.29 is 14.5 Å². The number of nitro groups is 1. The summed E-state index contributed by atoms with van der Waals surface area (Å²) in [5, 5.41) is 11.1. The number of imide groups is 1. The molecule has 7 nitrogen and oxygen atoms in total. The van der Waals surface area contributed by atoms with Crippen molar-refractivity contribution in [2.75, 3.05) is 0 Å². The lowest BCUT2D eigenvalue weighted by Gasteiger charge is -2.22. The van der Waals surface area contributed by atoms with Crippen LogP contribution in [0.3, 0.4) is 0 Å². The number of hydrogen-bond acceptors (Lipinski definition) is 5. The highest BCUT2D eigenvalue weighted by Gasteiger charge is 2.43. The van der Waals surface area contributed by atoms with Gasteiger partial charge < -0.3 is 5.73 Å². The maximum absolute atomic E-state index is 12.5. The van der Waals surface area contributed by atoms with Gasteiger partial charge in [0.15, 0.2) is 0 Å². The Hall–Kier alpha value is -3.06. The number of carbonyl (C=O) groups is 2. The van der Waals surface area contributed by atoms with Crippen LogP contribution in [0.25, 0.3) is 0 Å². The van der Waals surface area contributed by atoms with Crippen LogP contribution in [0, 0.1) is 17.0 Å². The fourth-order valence-corrected chi connectivity index (χ4v) is 2.60. The van der Waals surface area contributed by atoms with Crippen LogP contribution < -0.4 is 5.73 Å². The molecule has 23 heavy (non-hydrogen) atoms. The van der Waals surface area contributed by atoms with Crippen molar-refractivity contribution in [1.29, 1.82) is 0 Å². The Morgan fingerprint density at radius 1 is 1.09 bits per heavy atom. The van der Waals surface area contributed by atoms with E-state index in [2.05, 4.69) is 0 Å². The van der Waals surface area contributed by atoms with E-state index in [1.807, 2.05) is 19.1 Å². The SMILES string of the molecule is Cc1ccc(C(N)N2C(=O)c3cccc([N+](=O)[O-])c3C2=O)cc1. The van der Waals surface area contributed by atoms with Gasteiger partial charge in [-0.3, -0.25) is 24.6 Å². The first-order valence-corrected chi connectivity index (χ1v) is 6.89. The Balaban J connectivity index is 2.05. The first-order chi connectivity index (χ1) is 10.9. The molecule has 2 amide bonds. The van der Waals surface area contributed by atoms with Crippen LogP contribution in [0.15, 0.2) is 42.5 Å². The number of carbonyl (C=O) groups excluding carboxylic acids is 2. The Kier molecular flexibility index (Phi) is 3.42. The van der Waals surface area contributed by atoms with E-state index < -0.39 is 22.9 Å². The number of nitrogens with two attached hydrogens (primary N) is 1. The summed E-state index contributed by atoms with van der Waals surface area (Å²) in [4.78, 5) is 36.3. The maximum Gasteiger partial charge on any atom is 0.282 e. The van der Waals surface area contributed by atoms with Gasteiger partial charge in [-0.25, -0.2) is 0 Å². The first-order valence-electron chi connectivity index (χ1n) is 6.89. The van der Waals surface area contributed by atoms with Crippen molar-refractivity contribution in [3.8, 4) is 0 Å². The van der Waals surface area contributed by atoms with Crippen LogP contribution in [0.5, 0.6) is 0 Å². The Morgan fingerprint density at radius 3 is 2.35 bits per heavy atom. The van der Waals surface area contributed by atoms with Gasteiger partial charge in [-0.15, -0.1) is 0 Å². The van der Waals surface area contributed by atoms with Gasteiger partial charge in [0.2, 0.25) is 0 Å². The van der Waals surface area contributed by atoms with Gasteiger partial charge in [0.1, 0.15) is 11.7 Å². The molecule has 0 saturated carbocycles. The van der Waals surface area contributed by atoms with Gasteiger partial charge in [-0.05, 0) is 18.6 Å². The highest BCUT2D eigenvalue weighted by molar-refractivity contribution is 6.23. The van der Waals surface area contributed by atoms with Crippen LogP contribution in [0.1, 0.15) is 38.0 Å². The number of benzene rings is 2. The number of nitrogens with zero attached hydrogens (tertiary/aromatic N) is 2. The number of amides is 2. The molecule has 2 aromatic carbocycles. The van der Waals surface area contributed by atoms with Gasteiger partial charge in [0, 0.05) is 6.07 Å². The van der Waals surface area contributed by atoms with Crippen LogP contribution >= 0.6 is 0 Å². The van der Waals surface area contributed by atoms with Gasteiger partial charge >= 0.3 is 0 Å². The molecule has 2 N–H and O–H groups in total. The molecular formula is C16H13N3O4. The maximum atomic E-state index is 12.5. The molecular weight excluding hydrogens is 298 g/mol. The zero-order valence-corrected chi connectivity index (χ0v) is 12.2. The number of aryl methyl sites for hydroxylation is 1. The van der Waals surface area contributed by atoms with Crippen LogP contribution in [-0.4, -0.2) is 21.6 Å². The highest BCUT2D eigenvalue weighted by Crippen LogP contribution is 2.34. The summed E-state index contributed by atoms with van der Waals surface area (Å²) in [7, 11) is 0. The van der Waals surface area contributed by atoms with Crippen molar-refractivity contribution in [3.63, 3.8) is 0 Å². The molecule has 116 valence electrons. The molecule has 0 fully saturated rings. The van der Waals surface area contributed by atoms with Crippen LogP contribution in [-0.2, 0) is 0 Å². The number of nitro benzene ring substituents is 1. The molecule has 2 aromatic rings. The second-order valence-corrected chi connectivity index (χ2v) is 5.29. The summed E-state index contributed by atoms with van der Waals surface area (Å²) in [5.74, 6) is -1.37. The summed E-state index contributed by atoms with van der Waals surface area (Å²) in [6, 6.07) is 11.0. The molecule has 1 atom stereocenters. The van der Waals surface area contributed by atoms with E-state index in [1.54, 1.807) is 12.1 Å². The molecule has 1 aliphatic heterocycles. The zero-order valence-electron chi connectivity index (χ0n) is 12.2. The van der Waals surface area contributed by atoms with E-state index in [4.69, 9.17) is 5.73 Å². The number of rotatable bonds is 3. The fourth-order valence-electron chi connectivity index (χ4n) is 2.60. The van der Waals surface area contributed by atoms with E-state index in [0.717, 1.165) is 10.5 Å². The summed E-state index contributed by atoms with van der Waals surface area (Å²) in [6.07, 6.45) is -0.998. The molecule has 0 saturated heterocycles. The number of hydrogen-bond donors (Lipinski definition) is 1. The third kappa shape index (κ3) is 2.27. The Bertz CT molecular complexity index is 830. The lowest BCUT2D eigenvalue weighted by Crippen LogP contribution is -2.38. The summed E-state index contributed by atoms with van der Waals surface area (Å²) in [6.45, 7) is 1.90. The predicted molar refractivity (Wildman–Crippen MR) is 81.7 cm³/mol. The van der Waals surface area contributed by atoms with E-state index in [0.29, 0.717) is 5.56 Å². The molecule has 0 radical (unpaired) electrons. The first kappa shape index (κ1) is 14.9. The third-order valence-electron chi connectivity index (χ3n) is 3.82. The zero-order chi connectivity index (χ0) is 16.7. The van der Waals surface area contributed by atoms with Gasteiger partial charge in [0.25, 0.3) is 17.5 Å². The third-order valence-corrected chi connectivity index (χ3v) is 3.82. The van der Waals surface area contributed by atoms with E-state index in [1.165, 1.54) is 18.2 Å². The largest absolute Gasteiger partial charge is 0.307 e. The second kappa shape index (κ2) is 5.29. The summed E-state index contributed by atoms with van der Waals surface area (Å²) in [5.41, 5.74) is 7.05. The van der Waals surface area contributed by atoms with Gasteiger partial charge in [-0.1, -0.05) is 35.9 Å². The smallest absolute Gasteiger partial charge is 0.282 e. The molecule has 0 spiro atoms. The minimum absolute atomic E-state index is 0.00626. The summed E-state index contributed by atoms with van der Waals surface area (Å²) < 4.78 is 0. The Labute approximate surface area is 131 Å². The molecule has 1 unspecified atom stereocenters. The minimum Gasteiger partial charge on any atom is -0.307 e. The average molecular weight is 311 g/mol. The fraction of sp³-hybridized carbons (Fsp3) is 0.125. The number of fused-ring (bicyclic) bond motifs is 1. The predicted octanol–water partition coefficient (Wildman–Crippen LogP) is 2.16. The normalized spacial score (nSPS) is 14.8. The Morgan fingerprint density at radius 2 is 1.74 bits per heavy atom. The van der Waals surface area contributed by atoms with E-state index in [9.17, 15) is 19.7 Å². The van der Waals surface area contributed by atoms with E-state index in [-0.39, 0.29) is 16.8 Å². The highest BCUT2D eigenvalue weighted by atomic mass is 16.6. The van der Waals surface area contributed by atoms with Crippen molar-refractivity contribution >= 4 is 17.5 Å². The van der Waals surface area contributed by atoms with Crippen LogP contribution in [0.2, 0.25) is 0 Å². The monoisotopic (exact) mass is 311 g/mol. The lowest BCUT2D eigenvalue weighted by atomic mass is 10.1. The van der Waals surface area contributed by atoms with Crippen LogP contribution in [0.4, 0.5) is 5.69 Å². The van der Waals surface area contributed by atoms with Gasteiger partial charge in [-0.2, -0.15) is 0 Å². The molecule has 7 heteroatoms. The summed E-state index contributed by atoms with van der Waals surface area (Å²) >= 11 is 0. The van der Waals surface area contributed by atoms with Crippen molar-refractivity contribution in [2.45, 2.75) is 13.1 Å². The second-order valence-electron chi connectivity index (χ2n) is 5.29. The van der Waals surface area contributed by atoms with Crippen molar-refractivity contribution in [3.05, 3.63) is 74.8 Å². The van der Waals surface area contributed by atoms with Crippen molar-refractivity contribution in [1.82, 2.24) is 4.90 Å². The van der Waals surface area contributed by atoms with Crippen molar-refractivity contribution in [2.24, 2.45) is 5.73 Å². The van der Waals surface area contributed by atoms with Gasteiger partial charge in [0.05, 0.1) is 10.5 Å². The minimum atomic E-state index is -0.998. The molecule has 0 aromatic heterocycles. The molecule has 1 aliphatic rings. The molecule has 3 rings (SSSR count). The lowest BCUT2D eigenvalue weighted by molar-refractivity contribution is -0.385. The van der Waals surface area contributed by atoms with E-state index >= 15 is 0 Å². The topological polar surface area (TPSA) is 107 Å². The molecule has 1 heterocycles. The standard InChI is InChI=1S/C16H13N3O4/c1-9-5-7-10(8-6-9)14(17)18-15(20)11-3-2-4-12(19(22)23)13(11)16(18)21/h2-8,14H,17H2,1H3. The molecule has 0 bridgehead atoms. The molecule has 0 aliphatic carbocycles.